The normalized spacial score (nSPS) is 16.0. The van der Waals surface area contributed by atoms with Gasteiger partial charge in [0, 0.05) is 13.6 Å². The van der Waals surface area contributed by atoms with Gasteiger partial charge in [0.1, 0.15) is 5.82 Å². The molecular weight excluding hydrogens is 321 g/mol. The monoisotopic (exact) mass is 345 g/mol. The van der Waals surface area contributed by atoms with Crippen LogP contribution in [0.1, 0.15) is 30.1 Å². The van der Waals surface area contributed by atoms with Crippen molar-refractivity contribution >= 4 is 11.7 Å². The van der Waals surface area contributed by atoms with Crippen molar-refractivity contribution in [3.63, 3.8) is 0 Å². The molecule has 1 atom stereocenters. The first kappa shape index (κ1) is 17.4. The van der Waals surface area contributed by atoms with Gasteiger partial charge < -0.3 is 10.6 Å². The fourth-order valence-corrected chi connectivity index (χ4v) is 3.17. The number of carbonyl (C=O) groups excluding carboxylic acids is 1. The number of likely N-dealkylation sites (tertiary alicyclic amines) is 1. The highest BCUT2D eigenvalue weighted by molar-refractivity contribution is 5.89. The predicted octanol–water partition coefficient (Wildman–Crippen LogP) is 2.83. The van der Waals surface area contributed by atoms with Crippen LogP contribution in [0.5, 0.6) is 0 Å². The number of anilines is 1. The first-order chi connectivity index (χ1) is 12.0. The van der Waals surface area contributed by atoms with E-state index >= 15 is 0 Å². The van der Waals surface area contributed by atoms with Crippen LogP contribution in [0.2, 0.25) is 0 Å². The number of carbonyl (C=O) groups is 1. The van der Waals surface area contributed by atoms with Gasteiger partial charge >= 0.3 is 6.03 Å². The molecule has 2 amide bonds. The van der Waals surface area contributed by atoms with Crippen molar-refractivity contribution in [1.29, 1.82) is 0 Å². The average Bonchev–Trinajstić information content (AvgIpc) is 3.23. The summed E-state index contributed by atoms with van der Waals surface area (Å²) in [4.78, 5) is 14.6. The molecule has 134 valence electrons. The number of nitrogens with zero attached hydrogens (tertiary/aromatic N) is 3. The highest BCUT2D eigenvalue weighted by Crippen LogP contribution is 2.25. The van der Waals surface area contributed by atoms with Gasteiger partial charge in [0.25, 0.3) is 0 Å². The van der Waals surface area contributed by atoms with Crippen LogP contribution in [0.3, 0.4) is 0 Å². The van der Waals surface area contributed by atoms with Gasteiger partial charge in [-0.1, -0.05) is 12.1 Å². The minimum atomic E-state index is -0.262. The van der Waals surface area contributed by atoms with E-state index < -0.39 is 0 Å². The van der Waals surface area contributed by atoms with Crippen LogP contribution in [-0.4, -0.2) is 40.3 Å². The second kappa shape index (κ2) is 7.65. The van der Waals surface area contributed by atoms with Crippen molar-refractivity contribution in [2.75, 3.05) is 25.0 Å². The quantitative estimate of drug-likeness (QED) is 0.876. The van der Waals surface area contributed by atoms with Crippen LogP contribution >= 0.6 is 0 Å². The third-order valence-corrected chi connectivity index (χ3v) is 4.78. The Labute approximate surface area is 147 Å². The fraction of sp³-hybridized carbons (Fsp3) is 0.444. The summed E-state index contributed by atoms with van der Waals surface area (Å²) in [5.74, 6) is -0.248. The minimum Gasteiger partial charge on any atom is -0.336 e. The molecule has 7 heteroatoms. The Bertz CT molecular complexity index is 722. The Balaban J connectivity index is 1.64. The number of rotatable bonds is 5. The van der Waals surface area contributed by atoms with Gasteiger partial charge in [0.05, 0.1) is 23.6 Å². The van der Waals surface area contributed by atoms with Crippen LogP contribution in [0.15, 0.2) is 30.5 Å². The van der Waals surface area contributed by atoms with Gasteiger partial charge in [0.2, 0.25) is 0 Å². The van der Waals surface area contributed by atoms with Crippen molar-refractivity contribution in [2.24, 2.45) is 7.05 Å². The molecule has 0 saturated carbocycles. The molecule has 1 fully saturated rings. The van der Waals surface area contributed by atoms with Crippen LogP contribution < -0.4 is 10.6 Å². The zero-order valence-corrected chi connectivity index (χ0v) is 14.6. The molecule has 2 heterocycles. The van der Waals surface area contributed by atoms with Crippen LogP contribution in [0, 0.1) is 12.7 Å². The number of amides is 2. The van der Waals surface area contributed by atoms with E-state index in [-0.39, 0.29) is 17.9 Å². The van der Waals surface area contributed by atoms with Crippen LogP contribution in [0.4, 0.5) is 14.9 Å². The number of aryl methyl sites for hydroxylation is 1. The summed E-state index contributed by atoms with van der Waals surface area (Å²) in [5, 5.41) is 9.87. The molecule has 1 saturated heterocycles. The Kier molecular flexibility index (Phi) is 5.33. The van der Waals surface area contributed by atoms with E-state index in [1.54, 1.807) is 23.0 Å². The van der Waals surface area contributed by atoms with Crippen molar-refractivity contribution < 1.29 is 9.18 Å². The van der Waals surface area contributed by atoms with E-state index in [0.29, 0.717) is 12.2 Å². The van der Waals surface area contributed by atoms with Gasteiger partial charge in [0.15, 0.2) is 0 Å². The smallest absolute Gasteiger partial charge is 0.319 e. The Morgan fingerprint density at radius 1 is 1.28 bits per heavy atom. The standard InChI is InChI=1S/C18H24FN5O/c1-13-16(11-21-23(13)2)22-18(25)20-12-17(24-9-3-4-10-24)14-5-7-15(19)8-6-14/h5-8,11,17H,3-4,9-10,12H2,1-2H3,(H2,20,22,25)/t17-/m1/s1. The van der Waals surface area contributed by atoms with Crippen molar-refractivity contribution in [2.45, 2.75) is 25.8 Å². The van der Waals surface area contributed by atoms with Gasteiger partial charge in [-0.3, -0.25) is 9.58 Å². The number of aromatic nitrogens is 2. The summed E-state index contributed by atoms with van der Waals surface area (Å²) in [5.41, 5.74) is 2.60. The van der Waals surface area contributed by atoms with E-state index in [1.165, 1.54) is 12.1 Å². The molecule has 1 aliphatic rings. The van der Waals surface area contributed by atoms with E-state index in [9.17, 15) is 9.18 Å². The summed E-state index contributed by atoms with van der Waals surface area (Å²) >= 11 is 0. The first-order valence-electron chi connectivity index (χ1n) is 8.57. The van der Waals surface area contributed by atoms with E-state index in [1.807, 2.05) is 14.0 Å². The summed E-state index contributed by atoms with van der Waals surface area (Å²) in [6, 6.07) is 6.31. The molecule has 2 aromatic rings. The molecule has 0 spiro atoms. The van der Waals surface area contributed by atoms with Crippen molar-refractivity contribution in [3.8, 4) is 0 Å². The zero-order valence-electron chi connectivity index (χ0n) is 14.6. The maximum atomic E-state index is 13.2. The van der Waals surface area contributed by atoms with Crippen LogP contribution in [0.25, 0.3) is 0 Å². The topological polar surface area (TPSA) is 62.2 Å². The van der Waals surface area contributed by atoms with E-state index in [2.05, 4.69) is 20.6 Å². The lowest BCUT2D eigenvalue weighted by atomic mass is 10.1. The molecule has 0 aliphatic carbocycles. The Morgan fingerprint density at radius 3 is 2.56 bits per heavy atom. The van der Waals surface area contributed by atoms with Gasteiger partial charge in [-0.25, -0.2) is 9.18 Å². The molecule has 2 N–H and O–H groups in total. The van der Waals surface area contributed by atoms with E-state index in [4.69, 9.17) is 0 Å². The number of hydrogen-bond donors (Lipinski definition) is 2. The van der Waals surface area contributed by atoms with Gasteiger partial charge in [-0.2, -0.15) is 5.10 Å². The molecule has 0 bridgehead atoms. The number of urea groups is 1. The van der Waals surface area contributed by atoms with Gasteiger partial charge in [-0.05, 0) is 50.6 Å². The molecule has 6 nitrogen and oxygen atoms in total. The third kappa shape index (κ3) is 4.17. The molecule has 0 radical (unpaired) electrons. The minimum absolute atomic E-state index is 0.0452. The molecule has 1 aliphatic heterocycles. The zero-order chi connectivity index (χ0) is 17.8. The van der Waals surface area contributed by atoms with Crippen LogP contribution in [-0.2, 0) is 7.05 Å². The molecule has 1 aromatic carbocycles. The Hall–Kier alpha value is -2.41. The molecule has 0 unspecified atom stereocenters. The highest BCUT2D eigenvalue weighted by atomic mass is 19.1. The highest BCUT2D eigenvalue weighted by Gasteiger charge is 2.24. The number of nitrogens with one attached hydrogen (secondary N) is 2. The molecule has 1 aromatic heterocycles. The number of hydrogen-bond acceptors (Lipinski definition) is 3. The summed E-state index contributed by atoms with van der Waals surface area (Å²) in [7, 11) is 1.83. The number of benzene rings is 1. The maximum Gasteiger partial charge on any atom is 0.319 e. The first-order valence-corrected chi connectivity index (χ1v) is 8.57. The lowest BCUT2D eigenvalue weighted by molar-refractivity contribution is 0.227. The molecule has 25 heavy (non-hydrogen) atoms. The third-order valence-electron chi connectivity index (χ3n) is 4.78. The largest absolute Gasteiger partial charge is 0.336 e. The Morgan fingerprint density at radius 2 is 1.96 bits per heavy atom. The molecule has 3 rings (SSSR count). The average molecular weight is 345 g/mol. The number of halogens is 1. The maximum absolute atomic E-state index is 13.2. The SMILES string of the molecule is Cc1c(NC(=O)NC[C@H](c2ccc(F)cc2)N2CCCC2)cnn1C. The fourth-order valence-electron chi connectivity index (χ4n) is 3.17. The summed E-state index contributed by atoms with van der Waals surface area (Å²) in [6.07, 6.45) is 3.93. The lowest BCUT2D eigenvalue weighted by Gasteiger charge is -2.28. The van der Waals surface area contributed by atoms with E-state index in [0.717, 1.165) is 37.2 Å². The van der Waals surface area contributed by atoms with Crippen molar-refractivity contribution in [1.82, 2.24) is 20.0 Å². The summed E-state index contributed by atoms with van der Waals surface area (Å²) < 4.78 is 14.9. The molecular formula is C18H24FN5O. The van der Waals surface area contributed by atoms with Crippen molar-refractivity contribution in [3.05, 3.63) is 47.5 Å². The predicted molar refractivity (Wildman–Crippen MR) is 94.9 cm³/mol. The summed E-state index contributed by atoms with van der Waals surface area (Å²) in [6.45, 7) is 4.35. The van der Waals surface area contributed by atoms with Gasteiger partial charge in [-0.15, -0.1) is 0 Å². The lowest BCUT2D eigenvalue weighted by Crippen LogP contribution is -2.38. The second-order valence-electron chi connectivity index (χ2n) is 6.41. The second-order valence-corrected chi connectivity index (χ2v) is 6.41.